The Hall–Kier alpha value is -3.12. The fourth-order valence-electron chi connectivity index (χ4n) is 2.61. The second-order valence-electron chi connectivity index (χ2n) is 7.65. The van der Waals surface area contributed by atoms with Gasteiger partial charge in [0.05, 0.1) is 12.5 Å². The summed E-state index contributed by atoms with van der Waals surface area (Å²) in [5.41, 5.74) is 0.753. The standard InChI is InChI=1S/C23H27NO5/c1-7-20(25)24(5)16-12-15(13-17(14-16)29-22(27)23(2,3)4)21(26)18-10-8-9-11-19(18)28-6/h7-14,21,26H,1H2,2-6H3. The monoisotopic (exact) mass is 397 g/mol. The van der Waals surface area contributed by atoms with E-state index in [4.69, 9.17) is 9.47 Å². The van der Waals surface area contributed by atoms with Crippen LogP contribution in [0, 0.1) is 5.41 Å². The highest BCUT2D eigenvalue weighted by molar-refractivity contribution is 6.00. The van der Waals surface area contributed by atoms with E-state index in [0.29, 0.717) is 22.6 Å². The van der Waals surface area contributed by atoms with E-state index in [1.54, 1.807) is 70.3 Å². The molecular weight excluding hydrogens is 370 g/mol. The fraction of sp³-hybridized carbons (Fsp3) is 0.304. The van der Waals surface area contributed by atoms with Crippen LogP contribution in [0.5, 0.6) is 11.5 Å². The summed E-state index contributed by atoms with van der Waals surface area (Å²) in [4.78, 5) is 25.8. The van der Waals surface area contributed by atoms with E-state index < -0.39 is 17.5 Å². The van der Waals surface area contributed by atoms with Gasteiger partial charge in [0, 0.05) is 24.4 Å². The number of amides is 1. The molecule has 6 heteroatoms. The quantitative estimate of drug-likeness (QED) is 0.455. The van der Waals surface area contributed by atoms with E-state index in [9.17, 15) is 14.7 Å². The molecule has 0 saturated carbocycles. The van der Waals surface area contributed by atoms with Crippen LogP contribution in [0.15, 0.2) is 55.1 Å². The lowest BCUT2D eigenvalue weighted by Gasteiger charge is -2.22. The summed E-state index contributed by atoms with van der Waals surface area (Å²) in [7, 11) is 3.10. The number of methoxy groups -OCH3 is 1. The number of anilines is 1. The van der Waals surface area contributed by atoms with E-state index in [-0.39, 0.29) is 11.7 Å². The molecule has 0 heterocycles. The maximum Gasteiger partial charge on any atom is 0.316 e. The average Bonchev–Trinajstić information content (AvgIpc) is 2.70. The minimum absolute atomic E-state index is 0.232. The average molecular weight is 397 g/mol. The van der Waals surface area contributed by atoms with Gasteiger partial charge in [-0.15, -0.1) is 0 Å². The van der Waals surface area contributed by atoms with Gasteiger partial charge < -0.3 is 19.5 Å². The van der Waals surface area contributed by atoms with Gasteiger partial charge >= 0.3 is 5.97 Å². The van der Waals surface area contributed by atoms with Crippen molar-refractivity contribution in [2.75, 3.05) is 19.1 Å². The van der Waals surface area contributed by atoms with Crippen molar-refractivity contribution in [2.24, 2.45) is 5.41 Å². The Morgan fingerprint density at radius 1 is 1.17 bits per heavy atom. The van der Waals surface area contributed by atoms with Crippen LogP contribution in [0.2, 0.25) is 0 Å². The van der Waals surface area contributed by atoms with Crippen molar-refractivity contribution >= 4 is 17.6 Å². The molecule has 154 valence electrons. The predicted octanol–water partition coefficient (Wildman–Crippen LogP) is 3.88. The lowest BCUT2D eigenvalue weighted by atomic mass is 9.97. The number of carbonyl (C=O) groups excluding carboxylic acids is 2. The Kier molecular flexibility index (Phi) is 6.82. The Labute approximate surface area is 171 Å². The highest BCUT2D eigenvalue weighted by Crippen LogP contribution is 2.34. The van der Waals surface area contributed by atoms with Crippen molar-refractivity contribution in [2.45, 2.75) is 26.9 Å². The lowest BCUT2D eigenvalue weighted by molar-refractivity contribution is -0.143. The first-order valence-corrected chi connectivity index (χ1v) is 9.17. The maximum absolute atomic E-state index is 12.4. The topological polar surface area (TPSA) is 76.1 Å². The van der Waals surface area contributed by atoms with Crippen LogP contribution in [0.25, 0.3) is 0 Å². The summed E-state index contributed by atoms with van der Waals surface area (Å²) in [5, 5.41) is 11.0. The van der Waals surface area contributed by atoms with Crippen LogP contribution in [0.4, 0.5) is 5.69 Å². The molecule has 1 N–H and O–H groups in total. The van der Waals surface area contributed by atoms with Crippen LogP contribution >= 0.6 is 0 Å². The molecule has 2 rings (SSSR count). The number of hydrogen-bond donors (Lipinski definition) is 1. The number of likely N-dealkylation sites (N-methyl/N-ethyl adjacent to an activating group) is 1. The zero-order valence-electron chi connectivity index (χ0n) is 17.4. The second-order valence-corrected chi connectivity index (χ2v) is 7.65. The first kappa shape index (κ1) is 22.2. The number of hydrogen-bond acceptors (Lipinski definition) is 5. The van der Waals surface area contributed by atoms with E-state index in [1.165, 1.54) is 18.1 Å². The zero-order valence-corrected chi connectivity index (χ0v) is 17.4. The molecule has 0 radical (unpaired) electrons. The van der Waals surface area contributed by atoms with Crippen molar-refractivity contribution in [3.05, 3.63) is 66.2 Å². The van der Waals surface area contributed by atoms with Crippen LogP contribution in [0.3, 0.4) is 0 Å². The predicted molar refractivity (Wildman–Crippen MR) is 112 cm³/mol. The molecule has 0 fully saturated rings. The van der Waals surface area contributed by atoms with Crippen molar-refractivity contribution in [1.29, 1.82) is 0 Å². The van der Waals surface area contributed by atoms with Gasteiger partial charge in [-0.1, -0.05) is 24.8 Å². The van der Waals surface area contributed by atoms with Crippen molar-refractivity contribution in [3.63, 3.8) is 0 Å². The highest BCUT2D eigenvalue weighted by Gasteiger charge is 2.25. The largest absolute Gasteiger partial charge is 0.496 e. The third-order valence-electron chi connectivity index (χ3n) is 4.38. The SMILES string of the molecule is C=CC(=O)N(C)c1cc(OC(=O)C(C)(C)C)cc(C(O)c2ccccc2OC)c1. The second kappa shape index (κ2) is 8.92. The number of ether oxygens (including phenoxy) is 2. The summed E-state index contributed by atoms with van der Waals surface area (Å²) in [6.45, 7) is 8.74. The summed E-state index contributed by atoms with van der Waals surface area (Å²) < 4.78 is 10.9. The number of rotatable bonds is 6. The molecule has 0 aliphatic rings. The van der Waals surface area contributed by atoms with Gasteiger partial charge in [-0.05, 0) is 50.6 Å². The molecule has 0 aliphatic carbocycles. The summed E-state index contributed by atoms with van der Waals surface area (Å²) in [6, 6.07) is 11.9. The number of aliphatic hydroxyl groups is 1. The molecule has 2 aromatic carbocycles. The molecule has 0 spiro atoms. The van der Waals surface area contributed by atoms with Gasteiger partial charge in [0.15, 0.2) is 0 Å². The molecule has 0 aliphatic heterocycles. The number of para-hydroxylation sites is 1. The fourth-order valence-corrected chi connectivity index (χ4v) is 2.61. The minimum atomic E-state index is -1.05. The molecule has 1 amide bonds. The molecule has 0 saturated heterocycles. The first-order valence-electron chi connectivity index (χ1n) is 9.17. The van der Waals surface area contributed by atoms with Gasteiger partial charge in [-0.2, -0.15) is 0 Å². The number of nitrogens with zero attached hydrogens (tertiary/aromatic N) is 1. The molecule has 1 atom stereocenters. The Bertz CT molecular complexity index is 914. The van der Waals surface area contributed by atoms with Crippen LogP contribution in [-0.2, 0) is 9.59 Å². The molecule has 1 unspecified atom stereocenters. The van der Waals surface area contributed by atoms with Crippen LogP contribution in [0.1, 0.15) is 38.0 Å². The molecule has 0 bridgehead atoms. The number of carbonyl (C=O) groups is 2. The van der Waals surface area contributed by atoms with Gasteiger partial charge in [0.1, 0.15) is 17.6 Å². The van der Waals surface area contributed by atoms with Gasteiger partial charge in [-0.25, -0.2) is 0 Å². The van der Waals surface area contributed by atoms with Crippen LogP contribution in [-0.4, -0.2) is 31.1 Å². The Morgan fingerprint density at radius 3 is 2.41 bits per heavy atom. The molecule has 0 aromatic heterocycles. The highest BCUT2D eigenvalue weighted by atomic mass is 16.5. The summed E-state index contributed by atoms with van der Waals surface area (Å²) in [6.07, 6.45) is 0.134. The number of esters is 1. The van der Waals surface area contributed by atoms with Gasteiger partial charge in [-0.3, -0.25) is 9.59 Å². The van der Waals surface area contributed by atoms with Crippen molar-refractivity contribution < 1.29 is 24.2 Å². The van der Waals surface area contributed by atoms with E-state index in [0.717, 1.165) is 0 Å². The molecule has 6 nitrogen and oxygen atoms in total. The third-order valence-corrected chi connectivity index (χ3v) is 4.38. The van der Waals surface area contributed by atoms with E-state index in [1.807, 2.05) is 0 Å². The van der Waals surface area contributed by atoms with E-state index in [2.05, 4.69) is 6.58 Å². The summed E-state index contributed by atoms with van der Waals surface area (Å²) in [5.74, 6) is -0.00337. The minimum Gasteiger partial charge on any atom is -0.496 e. The number of aliphatic hydroxyl groups excluding tert-OH is 1. The smallest absolute Gasteiger partial charge is 0.316 e. The Morgan fingerprint density at radius 2 is 1.83 bits per heavy atom. The zero-order chi connectivity index (χ0) is 21.8. The summed E-state index contributed by atoms with van der Waals surface area (Å²) >= 11 is 0. The van der Waals surface area contributed by atoms with Gasteiger partial charge in [0.2, 0.25) is 5.91 Å². The Balaban J connectivity index is 2.55. The van der Waals surface area contributed by atoms with Crippen molar-refractivity contribution in [3.8, 4) is 11.5 Å². The lowest BCUT2D eigenvalue weighted by Crippen LogP contribution is -2.26. The normalized spacial score (nSPS) is 12.1. The van der Waals surface area contributed by atoms with Gasteiger partial charge in [0.25, 0.3) is 0 Å². The van der Waals surface area contributed by atoms with E-state index >= 15 is 0 Å². The van der Waals surface area contributed by atoms with Crippen LogP contribution < -0.4 is 14.4 Å². The maximum atomic E-state index is 12.4. The number of benzene rings is 2. The first-order chi connectivity index (χ1) is 13.6. The van der Waals surface area contributed by atoms with Crippen molar-refractivity contribution in [1.82, 2.24) is 0 Å². The molecule has 29 heavy (non-hydrogen) atoms. The molecular formula is C23H27NO5. The third kappa shape index (κ3) is 5.23. The molecule has 2 aromatic rings.